The molecular formula is C7H9NO2. The fraction of sp³-hybridized carbons (Fsp3) is 0.286. The van der Waals surface area contributed by atoms with Gasteiger partial charge in [-0.3, -0.25) is 4.79 Å². The number of rotatable bonds is 0. The van der Waals surface area contributed by atoms with Gasteiger partial charge in [-0.25, -0.2) is 0 Å². The van der Waals surface area contributed by atoms with E-state index >= 15 is 0 Å². The first-order valence-corrected chi connectivity index (χ1v) is 2.98. The summed E-state index contributed by atoms with van der Waals surface area (Å²) in [5, 5.41) is 9.01. The van der Waals surface area contributed by atoms with E-state index in [1.807, 2.05) is 0 Å². The molecule has 3 heteroatoms. The first-order chi connectivity index (χ1) is 4.63. The Labute approximate surface area is 58.5 Å². The number of aromatic hydroxyl groups is 1. The van der Waals surface area contributed by atoms with Gasteiger partial charge in [0.15, 0.2) is 0 Å². The average Bonchev–Trinajstić information content (AvgIpc) is 1.93. The topological polar surface area (TPSA) is 42.2 Å². The Balaban J connectivity index is 3.50. The number of aryl methyl sites for hydroxylation is 1. The van der Waals surface area contributed by atoms with Crippen LogP contribution in [0.15, 0.2) is 17.1 Å². The Morgan fingerprint density at radius 3 is 2.70 bits per heavy atom. The summed E-state index contributed by atoms with van der Waals surface area (Å²) in [5.41, 5.74) is 0.241. The summed E-state index contributed by atoms with van der Waals surface area (Å²) < 4.78 is 1.43. The maximum Gasteiger partial charge on any atom is 0.256 e. The van der Waals surface area contributed by atoms with Gasteiger partial charge < -0.3 is 9.67 Å². The summed E-state index contributed by atoms with van der Waals surface area (Å²) in [4.78, 5) is 11.0. The van der Waals surface area contributed by atoms with Gasteiger partial charge in [-0.2, -0.15) is 0 Å². The van der Waals surface area contributed by atoms with Crippen LogP contribution < -0.4 is 5.56 Å². The molecule has 0 saturated carbocycles. The average molecular weight is 139 g/mol. The highest BCUT2D eigenvalue weighted by Crippen LogP contribution is 2.07. The second kappa shape index (κ2) is 2.17. The molecule has 0 spiro atoms. The molecule has 0 aliphatic carbocycles. The summed E-state index contributed by atoms with van der Waals surface area (Å²) in [6.07, 6.45) is 1.53. The molecule has 1 aromatic heterocycles. The lowest BCUT2D eigenvalue weighted by Gasteiger charge is -1.99. The Morgan fingerprint density at radius 1 is 1.60 bits per heavy atom. The highest BCUT2D eigenvalue weighted by molar-refractivity contribution is 5.26. The maximum atomic E-state index is 11.0. The minimum absolute atomic E-state index is 0.0584. The van der Waals surface area contributed by atoms with Crippen molar-refractivity contribution in [2.45, 2.75) is 6.92 Å². The molecule has 3 nitrogen and oxygen atoms in total. The highest BCUT2D eigenvalue weighted by Gasteiger charge is 1.99. The number of aromatic nitrogens is 1. The van der Waals surface area contributed by atoms with Gasteiger partial charge in [0.05, 0.1) is 5.56 Å². The first-order valence-electron chi connectivity index (χ1n) is 2.98. The molecule has 1 aromatic rings. The van der Waals surface area contributed by atoms with Crippen molar-refractivity contribution in [1.29, 1.82) is 0 Å². The van der Waals surface area contributed by atoms with Crippen LogP contribution in [0.2, 0.25) is 0 Å². The molecule has 0 saturated heterocycles. The summed E-state index contributed by atoms with van der Waals surface area (Å²) in [6, 6.07) is 1.50. The van der Waals surface area contributed by atoms with Crippen LogP contribution in [0, 0.1) is 6.92 Å². The van der Waals surface area contributed by atoms with Gasteiger partial charge in [0.25, 0.3) is 5.56 Å². The zero-order valence-electron chi connectivity index (χ0n) is 5.96. The van der Waals surface area contributed by atoms with Crippen molar-refractivity contribution in [3.05, 3.63) is 28.2 Å². The van der Waals surface area contributed by atoms with E-state index < -0.39 is 0 Å². The monoisotopic (exact) mass is 139 g/mol. The zero-order valence-corrected chi connectivity index (χ0v) is 5.96. The lowest BCUT2D eigenvalue weighted by Crippen LogP contribution is -2.17. The minimum Gasteiger partial charge on any atom is -0.507 e. The number of hydrogen-bond acceptors (Lipinski definition) is 2. The van der Waals surface area contributed by atoms with Crippen molar-refractivity contribution in [1.82, 2.24) is 4.57 Å². The molecule has 54 valence electrons. The van der Waals surface area contributed by atoms with Gasteiger partial charge >= 0.3 is 0 Å². The number of hydrogen-bond donors (Lipinski definition) is 1. The molecule has 10 heavy (non-hydrogen) atoms. The van der Waals surface area contributed by atoms with Crippen molar-refractivity contribution < 1.29 is 5.11 Å². The summed E-state index contributed by atoms with van der Waals surface area (Å²) >= 11 is 0. The van der Waals surface area contributed by atoms with Crippen molar-refractivity contribution in [2.24, 2.45) is 7.05 Å². The van der Waals surface area contributed by atoms with Crippen molar-refractivity contribution in [3.63, 3.8) is 0 Å². The largest absolute Gasteiger partial charge is 0.507 e. The predicted octanol–water partition coefficient (Wildman–Crippen LogP) is 0.399. The number of nitrogens with zero attached hydrogens (tertiary/aromatic N) is 1. The molecule has 0 bridgehead atoms. The molecule has 0 fully saturated rings. The van der Waals surface area contributed by atoms with Crippen molar-refractivity contribution >= 4 is 0 Å². The van der Waals surface area contributed by atoms with Gasteiger partial charge in [-0.15, -0.1) is 0 Å². The lowest BCUT2D eigenvalue weighted by atomic mass is 10.3. The van der Waals surface area contributed by atoms with Crippen LogP contribution in [-0.4, -0.2) is 9.67 Å². The zero-order chi connectivity index (χ0) is 7.72. The molecular weight excluding hydrogens is 130 g/mol. The second-order valence-corrected chi connectivity index (χ2v) is 2.24. The predicted molar refractivity (Wildman–Crippen MR) is 38.1 cm³/mol. The van der Waals surface area contributed by atoms with E-state index in [0.717, 1.165) is 0 Å². The Bertz CT molecular complexity index is 301. The molecule has 0 aliphatic rings. The van der Waals surface area contributed by atoms with E-state index in [1.54, 1.807) is 14.0 Å². The lowest BCUT2D eigenvalue weighted by molar-refractivity contribution is 0.467. The Kier molecular flexibility index (Phi) is 1.49. The minimum atomic E-state index is -0.153. The van der Waals surface area contributed by atoms with Gasteiger partial charge in [0, 0.05) is 13.2 Å². The third kappa shape index (κ3) is 0.900. The van der Waals surface area contributed by atoms with E-state index in [4.69, 9.17) is 5.11 Å². The molecule has 1 N–H and O–H groups in total. The smallest absolute Gasteiger partial charge is 0.256 e. The molecule has 0 atom stereocenters. The van der Waals surface area contributed by atoms with Crippen LogP contribution in [0.1, 0.15) is 5.56 Å². The third-order valence-electron chi connectivity index (χ3n) is 1.48. The highest BCUT2D eigenvalue weighted by atomic mass is 16.3. The van der Waals surface area contributed by atoms with Gasteiger partial charge in [-0.1, -0.05) is 0 Å². The fourth-order valence-electron chi connectivity index (χ4n) is 0.749. The third-order valence-corrected chi connectivity index (χ3v) is 1.48. The Hall–Kier alpha value is -1.25. The first kappa shape index (κ1) is 6.86. The van der Waals surface area contributed by atoms with Crippen molar-refractivity contribution in [2.75, 3.05) is 0 Å². The molecule has 0 aliphatic heterocycles. The molecule has 1 rings (SSSR count). The van der Waals surface area contributed by atoms with Crippen LogP contribution in [0.3, 0.4) is 0 Å². The quantitative estimate of drug-likeness (QED) is 0.565. The summed E-state index contributed by atoms with van der Waals surface area (Å²) in [7, 11) is 1.65. The van der Waals surface area contributed by atoms with Crippen LogP contribution in [0.5, 0.6) is 5.75 Å². The van der Waals surface area contributed by atoms with Gasteiger partial charge in [0.1, 0.15) is 5.75 Å². The van der Waals surface area contributed by atoms with Gasteiger partial charge in [-0.05, 0) is 13.0 Å². The van der Waals surface area contributed by atoms with E-state index in [1.165, 1.54) is 16.8 Å². The van der Waals surface area contributed by atoms with E-state index in [0.29, 0.717) is 5.56 Å². The summed E-state index contributed by atoms with van der Waals surface area (Å²) in [6.45, 7) is 1.59. The van der Waals surface area contributed by atoms with Gasteiger partial charge in [0.2, 0.25) is 0 Å². The maximum absolute atomic E-state index is 11.0. The van der Waals surface area contributed by atoms with Crippen molar-refractivity contribution in [3.8, 4) is 5.75 Å². The molecule has 0 unspecified atom stereocenters. The van der Waals surface area contributed by atoms with E-state index in [9.17, 15) is 4.79 Å². The SMILES string of the molecule is Cc1c(O)ccn(C)c1=O. The standard InChI is InChI=1S/C7H9NO2/c1-5-6(9)3-4-8(2)7(5)10/h3-4,9H,1-2H3. The molecule has 1 heterocycles. The van der Waals surface area contributed by atoms with Crippen LogP contribution in [0.25, 0.3) is 0 Å². The second-order valence-electron chi connectivity index (χ2n) is 2.24. The van der Waals surface area contributed by atoms with Crippen LogP contribution >= 0.6 is 0 Å². The molecule has 0 radical (unpaired) electrons. The van der Waals surface area contributed by atoms with E-state index in [2.05, 4.69) is 0 Å². The van der Waals surface area contributed by atoms with Crippen LogP contribution in [0.4, 0.5) is 0 Å². The number of pyridine rings is 1. The normalized spacial score (nSPS) is 9.80. The molecule has 0 amide bonds. The van der Waals surface area contributed by atoms with E-state index in [-0.39, 0.29) is 11.3 Å². The van der Waals surface area contributed by atoms with Crippen LogP contribution in [-0.2, 0) is 7.05 Å². The summed E-state index contributed by atoms with van der Waals surface area (Å²) in [5.74, 6) is 0.0584. The fourth-order valence-corrected chi connectivity index (χ4v) is 0.749. The molecule has 0 aromatic carbocycles. The Morgan fingerprint density at radius 2 is 2.20 bits per heavy atom.